The van der Waals surface area contributed by atoms with Crippen molar-refractivity contribution in [2.24, 2.45) is 0 Å². The van der Waals surface area contributed by atoms with Gasteiger partial charge >= 0.3 is 5.97 Å². The number of carbonyl (C=O) groups is 1. The Kier molecular flexibility index (Phi) is 4.85. The molecule has 0 heterocycles. The van der Waals surface area contributed by atoms with Crippen LogP contribution < -0.4 is 0 Å². The van der Waals surface area contributed by atoms with E-state index in [-0.39, 0.29) is 0 Å². The fourth-order valence-corrected chi connectivity index (χ4v) is 7.45. The van der Waals surface area contributed by atoms with Gasteiger partial charge in [0, 0.05) is 11.6 Å². The summed E-state index contributed by atoms with van der Waals surface area (Å²) in [5.41, 5.74) is 0.723. The lowest BCUT2D eigenvalue weighted by Gasteiger charge is -2.39. The first-order valence-electron chi connectivity index (χ1n) is 7.21. The first-order chi connectivity index (χ1) is 8.48. The Morgan fingerprint density at radius 3 is 2.00 bits per heavy atom. The van der Waals surface area contributed by atoms with E-state index in [1.54, 1.807) is 0 Å². The minimum absolute atomic E-state index is 0.421. The zero-order chi connectivity index (χ0) is 15.0. The van der Waals surface area contributed by atoms with Gasteiger partial charge in [0.25, 0.3) is 0 Å². The zero-order valence-electron chi connectivity index (χ0n) is 13.5. The van der Waals surface area contributed by atoms with Gasteiger partial charge in [0.2, 0.25) is 0 Å². The normalized spacial score (nSPS) is 21.4. The standard InChI is InChI=1S/C14H29NO2Si2/c1-8-15(19(5,6)7)11-9-12(14(16)17)13(10-11)18(2,3)4/h11H,8-10H2,1-7H3,(H,16,17). The molecule has 0 fully saturated rings. The largest absolute Gasteiger partial charge is 0.478 e. The van der Waals surface area contributed by atoms with Crippen LogP contribution in [0.3, 0.4) is 0 Å². The molecule has 3 nitrogen and oxygen atoms in total. The maximum Gasteiger partial charge on any atom is 0.331 e. The van der Waals surface area contributed by atoms with Crippen LogP contribution in [-0.2, 0) is 4.79 Å². The molecular formula is C14H29NO2Si2. The van der Waals surface area contributed by atoms with Crippen molar-refractivity contribution in [3.63, 3.8) is 0 Å². The van der Waals surface area contributed by atoms with Crippen molar-refractivity contribution in [2.75, 3.05) is 6.54 Å². The molecule has 1 N–H and O–H groups in total. The molecule has 0 aromatic heterocycles. The molecule has 0 radical (unpaired) electrons. The van der Waals surface area contributed by atoms with Gasteiger partial charge in [0.1, 0.15) is 8.24 Å². The molecule has 1 atom stereocenters. The van der Waals surface area contributed by atoms with Crippen molar-refractivity contribution in [3.05, 3.63) is 10.8 Å². The van der Waals surface area contributed by atoms with Crippen LogP contribution in [-0.4, -0.2) is 44.5 Å². The Hall–Kier alpha value is -0.396. The van der Waals surface area contributed by atoms with Gasteiger partial charge in [-0.3, -0.25) is 0 Å². The smallest absolute Gasteiger partial charge is 0.331 e. The summed E-state index contributed by atoms with van der Waals surface area (Å²) in [6, 6.07) is 0.421. The van der Waals surface area contributed by atoms with E-state index in [2.05, 4.69) is 50.8 Å². The van der Waals surface area contributed by atoms with Crippen LogP contribution >= 0.6 is 0 Å². The number of rotatable bonds is 5. The van der Waals surface area contributed by atoms with Crippen LogP contribution in [0.2, 0.25) is 39.3 Å². The summed E-state index contributed by atoms with van der Waals surface area (Å²) in [6.45, 7) is 17.1. The molecule has 110 valence electrons. The predicted molar refractivity (Wildman–Crippen MR) is 86.8 cm³/mol. The molecule has 5 heteroatoms. The summed E-state index contributed by atoms with van der Waals surface area (Å²) in [5.74, 6) is -0.688. The fraction of sp³-hybridized carbons (Fsp3) is 0.786. The molecule has 1 aliphatic carbocycles. The van der Waals surface area contributed by atoms with E-state index in [9.17, 15) is 9.90 Å². The Balaban J connectivity index is 3.03. The molecule has 1 aliphatic rings. The first-order valence-corrected chi connectivity index (χ1v) is 14.2. The van der Waals surface area contributed by atoms with Crippen molar-refractivity contribution >= 4 is 22.3 Å². The Bertz CT molecular complexity index is 391. The van der Waals surface area contributed by atoms with Gasteiger partial charge in [0.15, 0.2) is 0 Å². The average molecular weight is 300 g/mol. The molecule has 0 bridgehead atoms. The van der Waals surface area contributed by atoms with Gasteiger partial charge in [-0.25, -0.2) is 4.79 Å². The molecule has 0 saturated carbocycles. The number of carboxylic acids is 1. The highest BCUT2D eigenvalue weighted by Crippen LogP contribution is 2.37. The summed E-state index contributed by atoms with van der Waals surface area (Å²) < 4.78 is 2.59. The first kappa shape index (κ1) is 16.7. The molecule has 1 unspecified atom stereocenters. The van der Waals surface area contributed by atoms with Crippen molar-refractivity contribution in [1.29, 1.82) is 0 Å². The summed E-state index contributed by atoms with van der Waals surface area (Å²) in [5, 5.41) is 10.8. The van der Waals surface area contributed by atoms with Gasteiger partial charge in [-0.15, -0.1) is 0 Å². The molecule has 0 spiro atoms. The molecule has 19 heavy (non-hydrogen) atoms. The molecule has 1 rings (SSSR count). The number of hydrogen-bond donors (Lipinski definition) is 1. The van der Waals surface area contributed by atoms with Crippen molar-refractivity contribution in [2.45, 2.75) is 65.1 Å². The molecule has 0 saturated heterocycles. The third kappa shape index (κ3) is 3.80. The molecule has 0 aliphatic heterocycles. The average Bonchev–Trinajstić information content (AvgIpc) is 2.60. The maximum absolute atomic E-state index is 11.5. The lowest BCUT2D eigenvalue weighted by molar-refractivity contribution is -0.132. The second-order valence-electron chi connectivity index (χ2n) is 7.53. The number of nitrogens with zero attached hydrogens (tertiary/aromatic N) is 1. The highest BCUT2D eigenvalue weighted by Gasteiger charge is 2.39. The van der Waals surface area contributed by atoms with Crippen LogP contribution in [0.4, 0.5) is 0 Å². The van der Waals surface area contributed by atoms with Gasteiger partial charge in [-0.05, 0) is 19.4 Å². The minimum atomic E-state index is -1.52. The predicted octanol–water partition coefficient (Wildman–Crippen LogP) is 3.56. The van der Waals surface area contributed by atoms with Crippen LogP contribution in [0.25, 0.3) is 0 Å². The molecule has 0 aromatic carbocycles. The van der Waals surface area contributed by atoms with Gasteiger partial charge in [-0.1, -0.05) is 51.4 Å². The van der Waals surface area contributed by atoms with Crippen LogP contribution in [0, 0.1) is 0 Å². The zero-order valence-corrected chi connectivity index (χ0v) is 15.5. The maximum atomic E-state index is 11.5. The van der Waals surface area contributed by atoms with Crippen molar-refractivity contribution in [1.82, 2.24) is 4.57 Å². The number of hydrogen-bond acceptors (Lipinski definition) is 2. The van der Waals surface area contributed by atoms with E-state index < -0.39 is 22.3 Å². The molecule has 0 amide bonds. The van der Waals surface area contributed by atoms with E-state index in [1.165, 1.54) is 5.20 Å². The van der Waals surface area contributed by atoms with E-state index in [0.717, 1.165) is 25.0 Å². The second-order valence-corrected chi connectivity index (χ2v) is 17.6. The van der Waals surface area contributed by atoms with E-state index in [0.29, 0.717) is 6.04 Å². The highest BCUT2D eigenvalue weighted by molar-refractivity contribution is 6.83. The number of carboxylic acid groups (broad SMARTS) is 1. The SMILES string of the molecule is CCN(C1CC(C(=O)O)=C([Si](C)(C)C)C1)[Si](C)(C)C. The van der Waals surface area contributed by atoms with Gasteiger partial charge in [0.05, 0.1) is 8.07 Å². The third-order valence-electron chi connectivity index (χ3n) is 4.05. The van der Waals surface area contributed by atoms with E-state index in [1.807, 2.05) is 0 Å². The summed E-state index contributed by atoms with van der Waals surface area (Å²) >= 11 is 0. The Morgan fingerprint density at radius 1 is 1.21 bits per heavy atom. The fourth-order valence-electron chi connectivity index (χ4n) is 3.27. The number of aliphatic carboxylic acids is 1. The molecular weight excluding hydrogens is 270 g/mol. The lowest BCUT2D eigenvalue weighted by atomic mass is 10.2. The van der Waals surface area contributed by atoms with Crippen molar-refractivity contribution < 1.29 is 9.90 Å². The minimum Gasteiger partial charge on any atom is -0.478 e. The topological polar surface area (TPSA) is 40.5 Å². The quantitative estimate of drug-likeness (QED) is 0.789. The second kappa shape index (κ2) is 5.54. The lowest BCUT2D eigenvalue weighted by Crippen LogP contribution is -2.51. The molecule has 0 aromatic rings. The summed E-state index contributed by atoms with van der Waals surface area (Å²) in [7, 11) is -2.90. The summed E-state index contributed by atoms with van der Waals surface area (Å²) in [6.07, 6.45) is 1.72. The van der Waals surface area contributed by atoms with Crippen molar-refractivity contribution in [3.8, 4) is 0 Å². The Morgan fingerprint density at radius 2 is 1.74 bits per heavy atom. The van der Waals surface area contributed by atoms with Gasteiger partial charge < -0.3 is 9.67 Å². The van der Waals surface area contributed by atoms with E-state index in [4.69, 9.17) is 0 Å². The van der Waals surface area contributed by atoms with Gasteiger partial charge in [-0.2, -0.15) is 0 Å². The van der Waals surface area contributed by atoms with Crippen LogP contribution in [0.15, 0.2) is 10.8 Å². The van der Waals surface area contributed by atoms with Crippen LogP contribution in [0.1, 0.15) is 19.8 Å². The third-order valence-corrected chi connectivity index (χ3v) is 8.77. The van der Waals surface area contributed by atoms with E-state index >= 15 is 0 Å². The highest BCUT2D eigenvalue weighted by atomic mass is 28.3. The van der Waals surface area contributed by atoms with Crippen LogP contribution in [0.5, 0.6) is 0 Å². The monoisotopic (exact) mass is 299 g/mol. The summed E-state index contributed by atoms with van der Waals surface area (Å²) in [4.78, 5) is 11.5. The Labute approximate surface area is 119 Å².